The van der Waals surface area contributed by atoms with E-state index in [1.54, 1.807) is 41.5 Å². The summed E-state index contributed by atoms with van der Waals surface area (Å²) in [5, 5.41) is 27.0. The zero-order chi connectivity index (χ0) is 23.3. The highest BCUT2D eigenvalue weighted by Crippen LogP contribution is 2.23. The summed E-state index contributed by atoms with van der Waals surface area (Å²) in [5.41, 5.74) is -5.33. The van der Waals surface area contributed by atoms with Gasteiger partial charge in [-0.15, -0.1) is 0 Å². The van der Waals surface area contributed by atoms with Gasteiger partial charge >= 0.3 is 17.1 Å². The molecule has 0 radical (unpaired) electrons. The monoisotopic (exact) mass is 414 g/mol. The standard InChI is InChI=1S/C21H30N6O3/c1-19(2,10-7-13-22)25-16(28)26(20(3,4)11-8-14-23)18(30)27(17(25)29)21(5,6)12-9-15-24/h7-12H2,1-6H3. The Bertz CT molecular complexity index is 912. The third kappa shape index (κ3) is 4.89. The Morgan fingerprint density at radius 1 is 0.567 bits per heavy atom. The van der Waals surface area contributed by atoms with Crippen LogP contribution in [0.1, 0.15) is 80.1 Å². The van der Waals surface area contributed by atoms with Gasteiger partial charge in [0.05, 0.1) is 18.2 Å². The minimum absolute atomic E-state index is 0.133. The Morgan fingerprint density at radius 3 is 0.933 bits per heavy atom. The SMILES string of the molecule is CC(C)(CCC#N)n1c(=O)n(C(C)(C)CCC#N)c(=O)n(C(C)(C)CCC#N)c1=O. The van der Waals surface area contributed by atoms with Crippen LogP contribution in [0.2, 0.25) is 0 Å². The number of rotatable bonds is 9. The molecule has 9 heteroatoms. The first-order valence-electron chi connectivity index (χ1n) is 9.92. The molecule has 162 valence electrons. The molecular formula is C21H30N6O3. The predicted octanol–water partition coefficient (Wildman–Crippen LogP) is 2.29. The third-order valence-electron chi connectivity index (χ3n) is 5.51. The highest BCUT2D eigenvalue weighted by molar-refractivity contribution is 4.97. The zero-order valence-corrected chi connectivity index (χ0v) is 18.7. The Balaban J connectivity index is 4.07. The van der Waals surface area contributed by atoms with Gasteiger partial charge in [-0.05, 0) is 60.8 Å². The Kier molecular flexibility index (Phi) is 7.59. The average molecular weight is 415 g/mol. The molecule has 0 aliphatic heterocycles. The molecule has 1 aromatic heterocycles. The largest absolute Gasteiger partial charge is 0.337 e. The predicted molar refractivity (Wildman–Crippen MR) is 112 cm³/mol. The smallest absolute Gasteiger partial charge is 0.247 e. The molecule has 1 aromatic rings. The fourth-order valence-corrected chi connectivity index (χ4v) is 3.52. The molecule has 0 fully saturated rings. The van der Waals surface area contributed by atoms with Crippen LogP contribution in [0, 0.1) is 34.0 Å². The normalized spacial score (nSPS) is 12.1. The Hall–Kier alpha value is -3.12. The van der Waals surface area contributed by atoms with Gasteiger partial charge in [0, 0.05) is 35.9 Å². The van der Waals surface area contributed by atoms with Crippen molar-refractivity contribution in [3.05, 3.63) is 31.5 Å². The highest BCUT2D eigenvalue weighted by Gasteiger charge is 2.36. The van der Waals surface area contributed by atoms with Crippen molar-refractivity contribution >= 4 is 0 Å². The maximum absolute atomic E-state index is 13.4. The number of nitrogens with zero attached hydrogens (tertiary/aromatic N) is 6. The minimum Gasteiger partial charge on any atom is -0.247 e. The number of hydrogen-bond acceptors (Lipinski definition) is 6. The molecule has 0 aliphatic carbocycles. The lowest BCUT2D eigenvalue weighted by Gasteiger charge is -2.35. The van der Waals surface area contributed by atoms with Gasteiger partial charge < -0.3 is 0 Å². The van der Waals surface area contributed by atoms with Crippen molar-refractivity contribution in [3.63, 3.8) is 0 Å². The molecule has 0 N–H and O–H groups in total. The second-order valence-electron chi connectivity index (χ2n) is 9.27. The number of aromatic nitrogens is 3. The molecule has 0 aromatic carbocycles. The summed E-state index contributed by atoms with van der Waals surface area (Å²) in [4.78, 5) is 40.3. The number of nitriles is 3. The third-order valence-corrected chi connectivity index (χ3v) is 5.51. The minimum atomic E-state index is -1.02. The molecule has 1 rings (SSSR count). The van der Waals surface area contributed by atoms with Crippen LogP contribution in [0.5, 0.6) is 0 Å². The van der Waals surface area contributed by atoms with Gasteiger partial charge in [-0.25, -0.2) is 28.1 Å². The average Bonchev–Trinajstić information content (AvgIpc) is 2.62. The van der Waals surface area contributed by atoms with E-state index in [0.29, 0.717) is 0 Å². The van der Waals surface area contributed by atoms with Crippen molar-refractivity contribution in [2.45, 2.75) is 96.7 Å². The van der Waals surface area contributed by atoms with E-state index < -0.39 is 33.7 Å². The van der Waals surface area contributed by atoms with Crippen molar-refractivity contribution < 1.29 is 0 Å². The van der Waals surface area contributed by atoms with E-state index in [4.69, 9.17) is 15.8 Å². The summed E-state index contributed by atoms with van der Waals surface area (Å²) < 4.78 is 3.11. The van der Waals surface area contributed by atoms with Gasteiger partial charge in [0.15, 0.2) is 0 Å². The molecule has 0 spiro atoms. The van der Waals surface area contributed by atoms with Crippen molar-refractivity contribution in [2.24, 2.45) is 0 Å². The van der Waals surface area contributed by atoms with Gasteiger partial charge in [0.2, 0.25) is 0 Å². The summed E-state index contributed by atoms with van der Waals surface area (Å²) in [6, 6.07) is 6.07. The van der Waals surface area contributed by atoms with E-state index in [9.17, 15) is 14.4 Å². The van der Waals surface area contributed by atoms with Crippen LogP contribution < -0.4 is 17.1 Å². The van der Waals surface area contributed by atoms with Crippen LogP contribution in [-0.2, 0) is 16.6 Å². The van der Waals surface area contributed by atoms with Crippen molar-refractivity contribution in [1.82, 2.24) is 13.7 Å². The summed E-state index contributed by atoms with van der Waals surface area (Å²) in [6.07, 6.45) is 1.13. The lowest BCUT2D eigenvalue weighted by atomic mass is 9.96. The zero-order valence-electron chi connectivity index (χ0n) is 18.7. The Morgan fingerprint density at radius 2 is 0.767 bits per heavy atom. The summed E-state index contributed by atoms with van der Waals surface area (Å²) in [6.45, 7) is 10.1. The van der Waals surface area contributed by atoms with E-state index in [2.05, 4.69) is 0 Å². The molecule has 0 aliphatic rings. The summed E-state index contributed by atoms with van der Waals surface area (Å²) >= 11 is 0. The number of hydrogen-bond donors (Lipinski definition) is 0. The van der Waals surface area contributed by atoms with Gasteiger partial charge in [-0.2, -0.15) is 15.8 Å². The van der Waals surface area contributed by atoms with Gasteiger partial charge in [0.1, 0.15) is 0 Å². The van der Waals surface area contributed by atoms with E-state index in [0.717, 1.165) is 13.7 Å². The molecule has 0 atom stereocenters. The van der Waals surface area contributed by atoms with Crippen molar-refractivity contribution in [1.29, 1.82) is 15.8 Å². The fourth-order valence-electron chi connectivity index (χ4n) is 3.52. The molecule has 9 nitrogen and oxygen atoms in total. The maximum Gasteiger partial charge on any atom is 0.337 e. The van der Waals surface area contributed by atoms with Crippen LogP contribution in [0.4, 0.5) is 0 Å². The summed E-state index contributed by atoms with van der Waals surface area (Å²) in [5.74, 6) is 0. The highest BCUT2D eigenvalue weighted by atomic mass is 16.2. The second-order valence-corrected chi connectivity index (χ2v) is 9.27. The first kappa shape index (κ1) is 24.9. The summed E-state index contributed by atoms with van der Waals surface area (Å²) in [7, 11) is 0. The first-order chi connectivity index (χ1) is 13.8. The fraction of sp³-hybridized carbons (Fsp3) is 0.714. The van der Waals surface area contributed by atoms with Gasteiger partial charge in [-0.1, -0.05) is 0 Å². The Labute approximate surface area is 176 Å². The molecule has 0 amide bonds. The van der Waals surface area contributed by atoms with Crippen molar-refractivity contribution in [2.75, 3.05) is 0 Å². The lowest BCUT2D eigenvalue weighted by molar-refractivity contribution is 0.199. The van der Waals surface area contributed by atoms with E-state index in [1.807, 2.05) is 18.2 Å². The van der Waals surface area contributed by atoms with Crippen LogP contribution in [0.25, 0.3) is 0 Å². The topological polar surface area (TPSA) is 137 Å². The van der Waals surface area contributed by atoms with E-state index in [-0.39, 0.29) is 38.5 Å². The molecule has 1 heterocycles. The van der Waals surface area contributed by atoms with Crippen LogP contribution in [-0.4, -0.2) is 13.7 Å². The molecule has 0 saturated heterocycles. The van der Waals surface area contributed by atoms with Crippen LogP contribution >= 0.6 is 0 Å². The molecule has 30 heavy (non-hydrogen) atoms. The molecule has 0 unspecified atom stereocenters. The van der Waals surface area contributed by atoms with Crippen LogP contribution in [0.3, 0.4) is 0 Å². The van der Waals surface area contributed by atoms with Crippen LogP contribution in [0.15, 0.2) is 14.4 Å². The van der Waals surface area contributed by atoms with Gasteiger partial charge in [0.25, 0.3) is 0 Å². The second kappa shape index (κ2) is 9.13. The quantitative estimate of drug-likeness (QED) is 0.608. The van der Waals surface area contributed by atoms with Gasteiger partial charge in [-0.3, -0.25) is 0 Å². The first-order valence-corrected chi connectivity index (χ1v) is 9.92. The van der Waals surface area contributed by atoms with E-state index >= 15 is 0 Å². The van der Waals surface area contributed by atoms with Crippen molar-refractivity contribution in [3.8, 4) is 18.2 Å². The lowest BCUT2D eigenvalue weighted by Crippen LogP contribution is -2.65. The molecular weight excluding hydrogens is 384 g/mol. The molecule has 0 bridgehead atoms. The maximum atomic E-state index is 13.4. The molecule has 0 saturated carbocycles. The van der Waals surface area contributed by atoms with E-state index in [1.165, 1.54) is 0 Å².